The Kier molecular flexibility index (Phi) is 5.60. The average molecular weight is 290 g/mol. The van der Waals surface area contributed by atoms with Gasteiger partial charge in [0.25, 0.3) is 5.91 Å². The molecule has 0 aromatic heterocycles. The largest absolute Gasteiger partial charge is 0.452 e. The summed E-state index contributed by atoms with van der Waals surface area (Å²) in [6, 6.07) is 6.87. The Hall–Kier alpha value is -2.04. The van der Waals surface area contributed by atoms with Crippen molar-refractivity contribution in [2.45, 2.75) is 44.6 Å². The molecule has 5 nitrogen and oxygen atoms in total. The number of amides is 1. The van der Waals surface area contributed by atoms with Crippen molar-refractivity contribution in [2.75, 3.05) is 12.3 Å². The van der Waals surface area contributed by atoms with Crippen LogP contribution >= 0.6 is 0 Å². The van der Waals surface area contributed by atoms with E-state index in [4.69, 9.17) is 10.5 Å². The third-order valence-electron chi connectivity index (χ3n) is 3.74. The molecule has 0 atom stereocenters. The normalized spacial score (nSPS) is 16.0. The molecule has 21 heavy (non-hydrogen) atoms. The van der Waals surface area contributed by atoms with Gasteiger partial charge < -0.3 is 15.8 Å². The molecule has 1 amide bonds. The number of esters is 1. The summed E-state index contributed by atoms with van der Waals surface area (Å²) in [5, 5.41) is 2.93. The molecule has 0 spiro atoms. The van der Waals surface area contributed by atoms with Crippen LogP contribution in [0.4, 0.5) is 5.69 Å². The van der Waals surface area contributed by atoms with Crippen LogP contribution < -0.4 is 11.1 Å². The number of nitrogens with one attached hydrogen (secondary N) is 1. The van der Waals surface area contributed by atoms with Crippen molar-refractivity contribution in [1.82, 2.24) is 5.32 Å². The Morgan fingerprint density at radius 1 is 1.14 bits per heavy atom. The highest BCUT2D eigenvalue weighted by atomic mass is 16.5. The number of rotatable bonds is 4. The third-order valence-corrected chi connectivity index (χ3v) is 3.74. The lowest BCUT2D eigenvalue weighted by atomic mass is 10.1. The quantitative estimate of drug-likeness (QED) is 0.506. The molecular weight excluding hydrogens is 268 g/mol. The Bertz CT molecular complexity index is 494. The van der Waals surface area contributed by atoms with Gasteiger partial charge in [-0.15, -0.1) is 0 Å². The molecule has 1 saturated carbocycles. The first kappa shape index (κ1) is 15.4. The number of benzene rings is 1. The van der Waals surface area contributed by atoms with E-state index in [2.05, 4.69) is 5.32 Å². The van der Waals surface area contributed by atoms with Crippen LogP contribution in [0.25, 0.3) is 0 Å². The lowest BCUT2D eigenvalue weighted by Crippen LogP contribution is -2.37. The second-order valence-electron chi connectivity index (χ2n) is 5.42. The van der Waals surface area contributed by atoms with E-state index in [0.717, 1.165) is 25.7 Å². The highest BCUT2D eigenvalue weighted by Gasteiger charge is 2.17. The van der Waals surface area contributed by atoms with Crippen LogP contribution in [-0.2, 0) is 9.53 Å². The summed E-state index contributed by atoms with van der Waals surface area (Å²) < 4.78 is 5.01. The number of carbonyl (C=O) groups excluding carboxylic acids is 2. The Morgan fingerprint density at radius 3 is 2.48 bits per heavy atom. The summed E-state index contributed by atoms with van der Waals surface area (Å²) in [6.07, 6.45) is 6.76. The first-order chi connectivity index (χ1) is 10.2. The molecule has 5 heteroatoms. The molecule has 0 unspecified atom stereocenters. The molecule has 1 aromatic rings. The van der Waals surface area contributed by atoms with Gasteiger partial charge in [-0.3, -0.25) is 4.79 Å². The maximum absolute atomic E-state index is 11.8. The van der Waals surface area contributed by atoms with Crippen LogP contribution in [0.5, 0.6) is 0 Å². The van der Waals surface area contributed by atoms with E-state index in [1.165, 1.54) is 12.8 Å². The maximum Gasteiger partial charge on any atom is 0.340 e. The lowest BCUT2D eigenvalue weighted by Gasteiger charge is -2.16. The van der Waals surface area contributed by atoms with Crippen LogP contribution in [-0.4, -0.2) is 24.5 Å². The molecule has 0 bridgehead atoms. The summed E-state index contributed by atoms with van der Waals surface area (Å²) in [6.45, 7) is -0.260. The standard InChI is InChI=1S/C16H22N2O3/c17-14-10-6-5-9-13(14)16(20)21-11-15(19)18-12-7-3-1-2-4-8-12/h5-6,9-10,12H,1-4,7-8,11,17H2,(H,18,19). The predicted molar refractivity (Wildman–Crippen MR) is 80.8 cm³/mol. The zero-order valence-electron chi connectivity index (χ0n) is 12.1. The lowest BCUT2D eigenvalue weighted by molar-refractivity contribution is -0.125. The predicted octanol–water partition coefficient (Wildman–Crippen LogP) is 2.26. The topological polar surface area (TPSA) is 81.4 Å². The van der Waals surface area contributed by atoms with Gasteiger partial charge in [-0.1, -0.05) is 37.8 Å². The van der Waals surface area contributed by atoms with Crippen LogP contribution in [0.2, 0.25) is 0 Å². The van der Waals surface area contributed by atoms with Crippen molar-refractivity contribution in [3.8, 4) is 0 Å². The van der Waals surface area contributed by atoms with E-state index in [1.54, 1.807) is 24.3 Å². The van der Waals surface area contributed by atoms with Gasteiger partial charge in [0.1, 0.15) is 0 Å². The van der Waals surface area contributed by atoms with Crippen LogP contribution in [0.3, 0.4) is 0 Å². The monoisotopic (exact) mass is 290 g/mol. The van der Waals surface area contributed by atoms with Crippen molar-refractivity contribution < 1.29 is 14.3 Å². The number of para-hydroxylation sites is 1. The molecule has 114 valence electrons. The molecule has 0 heterocycles. The number of hydrogen-bond donors (Lipinski definition) is 2. The highest BCUT2D eigenvalue weighted by molar-refractivity contribution is 5.96. The van der Waals surface area contributed by atoms with Gasteiger partial charge in [-0.25, -0.2) is 4.79 Å². The van der Waals surface area contributed by atoms with E-state index in [9.17, 15) is 9.59 Å². The molecule has 1 aliphatic carbocycles. The van der Waals surface area contributed by atoms with Gasteiger partial charge in [-0.05, 0) is 25.0 Å². The van der Waals surface area contributed by atoms with E-state index >= 15 is 0 Å². The minimum Gasteiger partial charge on any atom is -0.452 e. The van der Waals surface area contributed by atoms with Crippen LogP contribution in [0, 0.1) is 0 Å². The summed E-state index contributed by atoms with van der Waals surface area (Å²) in [7, 11) is 0. The number of nitrogens with two attached hydrogens (primary N) is 1. The highest BCUT2D eigenvalue weighted by Crippen LogP contribution is 2.17. The summed E-state index contributed by atoms with van der Waals surface area (Å²) in [4.78, 5) is 23.7. The van der Waals surface area contributed by atoms with Crippen molar-refractivity contribution in [3.05, 3.63) is 29.8 Å². The van der Waals surface area contributed by atoms with Crippen molar-refractivity contribution in [1.29, 1.82) is 0 Å². The molecule has 0 saturated heterocycles. The fourth-order valence-electron chi connectivity index (χ4n) is 2.58. The minimum absolute atomic E-state index is 0.209. The fourth-order valence-corrected chi connectivity index (χ4v) is 2.58. The Labute approximate surface area is 124 Å². The minimum atomic E-state index is -0.566. The van der Waals surface area contributed by atoms with Gasteiger partial charge >= 0.3 is 5.97 Å². The van der Waals surface area contributed by atoms with Crippen molar-refractivity contribution in [3.63, 3.8) is 0 Å². The van der Waals surface area contributed by atoms with Crippen LogP contribution in [0.15, 0.2) is 24.3 Å². The molecule has 1 fully saturated rings. The molecule has 2 rings (SSSR count). The zero-order valence-corrected chi connectivity index (χ0v) is 12.1. The van der Waals surface area contributed by atoms with Crippen molar-refractivity contribution in [2.24, 2.45) is 0 Å². The van der Waals surface area contributed by atoms with Crippen molar-refractivity contribution >= 4 is 17.6 Å². The first-order valence-corrected chi connectivity index (χ1v) is 7.48. The number of ether oxygens (including phenoxy) is 1. The summed E-state index contributed by atoms with van der Waals surface area (Å²) in [5.74, 6) is -0.811. The molecule has 1 aliphatic rings. The number of hydrogen-bond acceptors (Lipinski definition) is 4. The van der Waals surface area contributed by atoms with E-state index < -0.39 is 5.97 Å². The van der Waals surface area contributed by atoms with Crippen LogP contribution in [0.1, 0.15) is 48.9 Å². The first-order valence-electron chi connectivity index (χ1n) is 7.48. The number of nitrogen functional groups attached to an aromatic ring is 1. The third kappa shape index (κ3) is 4.77. The molecule has 0 radical (unpaired) electrons. The Morgan fingerprint density at radius 2 is 1.81 bits per heavy atom. The number of anilines is 1. The van der Waals surface area contributed by atoms with Gasteiger partial charge in [0.05, 0.1) is 5.56 Å². The Balaban J connectivity index is 1.78. The SMILES string of the molecule is Nc1ccccc1C(=O)OCC(=O)NC1CCCCCC1. The second kappa shape index (κ2) is 7.67. The van der Waals surface area contributed by atoms with Gasteiger partial charge in [-0.2, -0.15) is 0 Å². The second-order valence-corrected chi connectivity index (χ2v) is 5.42. The van der Waals surface area contributed by atoms with E-state index in [1.807, 2.05) is 0 Å². The molecule has 1 aromatic carbocycles. The van der Waals surface area contributed by atoms with E-state index in [0.29, 0.717) is 11.3 Å². The van der Waals surface area contributed by atoms with Gasteiger partial charge in [0.2, 0.25) is 0 Å². The number of carbonyl (C=O) groups is 2. The zero-order chi connectivity index (χ0) is 15.1. The maximum atomic E-state index is 11.8. The van der Waals surface area contributed by atoms with Gasteiger partial charge in [0.15, 0.2) is 6.61 Å². The molecule has 3 N–H and O–H groups in total. The van der Waals surface area contributed by atoms with E-state index in [-0.39, 0.29) is 18.6 Å². The summed E-state index contributed by atoms with van der Waals surface area (Å²) in [5.41, 5.74) is 6.34. The molecule has 0 aliphatic heterocycles. The van der Waals surface area contributed by atoms with Gasteiger partial charge in [0, 0.05) is 11.7 Å². The smallest absolute Gasteiger partial charge is 0.340 e. The fraction of sp³-hybridized carbons (Fsp3) is 0.500. The molecular formula is C16H22N2O3. The average Bonchev–Trinajstić information content (AvgIpc) is 2.74. The summed E-state index contributed by atoms with van der Waals surface area (Å²) >= 11 is 0.